The average Bonchev–Trinajstić information content (AvgIpc) is 2.58. The van der Waals surface area contributed by atoms with Gasteiger partial charge >= 0.3 is 0 Å². The highest BCUT2D eigenvalue weighted by molar-refractivity contribution is 7.85. The summed E-state index contributed by atoms with van der Waals surface area (Å²) in [6.45, 7) is 1.46. The third-order valence-corrected chi connectivity index (χ3v) is 5.80. The summed E-state index contributed by atoms with van der Waals surface area (Å²) in [5.41, 5.74) is 1.55. The molecule has 124 valence electrons. The minimum Gasteiger partial charge on any atom is -0.300 e. The van der Waals surface area contributed by atoms with Crippen molar-refractivity contribution in [3.8, 4) is 0 Å². The van der Waals surface area contributed by atoms with E-state index in [9.17, 15) is 13.8 Å². The minimum atomic E-state index is -1.27. The molecular weight excluding hydrogens is 322 g/mol. The van der Waals surface area contributed by atoms with Gasteiger partial charge in [0, 0.05) is 17.9 Å². The van der Waals surface area contributed by atoms with Crippen LogP contribution >= 0.6 is 0 Å². The van der Waals surface area contributed by atoms with Crippen molar-refractivity contribution in [3.05, 3.63) is 66.2 Å². The maximum Gasteiger partial charge on any atom is 0.232 e. The molecule has 4 nitrogen and oxygen atoms in total. The lowest BCUT2D eigenvalue weighted by molar-refractivity contribution is -0.126. The van der Waals surface area contributed by atoms with E-state index in [0.29, 0.717) is 5.69 Å². The number of ketones is 1. The van der Waals surface area contributed by atoms with Crippen LogP contribution in [0.2, 0.25) is 0 Å². The number of carbonyl (C=O) groups excluding carboxylic acids is 2. The van der Waals surface area contributed by atoms with Crippen LogP contribution in [-0.4, -0.2) is 21.7 Å². The molecule has 1 aliphatic rings. The van der Waals surface area contributed by atoms with E-state index in [2.05, 4.69) is 0 Å². The van der Waals surface area contributed by atoms with Gasteiger partial charge < -0.3 is 4.79 Å². The van der Waals surface area contributed by atoms with Gasteiger partial charge in [-0.3, -0.25) is 13.9 Å². The Balaban J connectivity index is 2.05. The van der Waals surface area contributed by atoms with Crippen molar-refractivity contribution < 1.29 is 13.8 Å². The number of benzene rings is 2. The molecule has 2 aromatic rings. The Morgan fingerprint density at radius 3 is 2.25 bits per heavy atom. The van der Waals surface area contributed by atoms with Gasteiger partial charge in [-0.1, -0.05) is 48.5 Å². The van der Waals surface area contributed by atoms with Gasteiger partial charge in [-0.25, -0.2) is 0 Å². The van der Waals surface area contributed by atoms with Crippen molar-refractivity contribution in [2.45, 2.75) is 18.7 Å². The van der Waals surface area contributed by atoms with Gasteiger partial charge in [0.1, 0.15) is 11.2 Å². The number of anilines is 1. The van der Waals surface area contributed by atoms with Crippen LogP contribution in [0, 0.1) is 5.92 Å². The van der Waals surface area contributed by atoms with E-state index >= 15 is 0 Å². The molecule has 5 heteroatoms. The molecule has 24 heavy (non-hydrogen) atoms. The highest BCUT2D eigenvalue weighted by atomic mass is 32.2. The fraction of sp³-hybridized carbons (Fsp3) is 0.263. The first kappa shape index (κ1) is 16.6. The third kappa shape index (κ3) is 3.31. The Morgan fingerprint density at radius 2 is 1.67 bits per heavy atom. The first-order valence-electron chi connectivity index (χ1n) is 7.87. The van der Waals surface area contributed by atoms with Gasteiger partial charge in [-0.15, -0.1) is 0 Å². The average molecular weight is 341 g/mol. The Labute approximate surface area is 143 Å². The second kappa shape index (κ2) is 7.09. The standard InChI is InChI=1S/C19H19NO3S/c1-14(21)12-16-13-24(23)19(15-8-4-2-5-9-15)20(18(16)22)17-10-6-3-7-11-17/h2-11,16,19H,12-13H2,1H3/t16-,19-,24?/m0/s1. The Hall–Kier alpha value is -2.27. The molecule has 0 spiro atoms. The van der Waals surface area contributed by atoms with E-state index in [-0.39, 0.29) is 23.9 Å². The summed E-state index contributed by atoms with van der Waals surface area (Å²) >= 11 is 0. The molecular formula is C19H19NO3S. The summed E-state index contributed by atoms with van der Waals surface area (Å²) in [7, 11) is -1.27. The summed E-state index contributed by atoms with van der Waals surface area (Å²) in [4.78, 5) is 26.1. The molecule has 0 N–H and O–H groups in total. The van der Waals surface area contributed by atoms with E-state index in [0.717, 1.165) is 5.56 Å². The van der Waals surface area contributed by atoms with Crippen molar-refractivity contribution in [2.75, 3.05) is 10.7 Å². The number of hydrogen-bond donors (Lipinski definition) is 0. The summed E-state index contributed by atoms with van der Waals surface area (Å²) in [6.07, 6.45) is 0.134. The Morgan fingerprint density at radius 1 is 1.08 bits per heavy atom. The number of nitrogens with zero attached hydrogens (tertiary/aromatic N) is 1. The molecule has 1 amide bonds. The second-order valence-corrected chi connectivity index (χ2v) is 7.50. The fourth-order valence-corrected chi connectivity index (χ4v) is 4.81. The topological polar surface area (TPSA) is 54.5 Å². The Bertz CT molecular complexity index is 761. The number of hydrogen-bond acceptors (Lipinski definition) is 3. The van der Waals surface area contributed by atoms with Crippen LogP contribution in [0.3, 0.4) is 0 Å². The number of amides is 1. The smallest absolute Gasteiger partial charge is 0.232 e. The lowest BCUT2D eigenvalue weighted by atomic mass is 10.0. The second-order valence-electron chi connectivity index (χ2n) is 5.96. The van der Waals surface area contributed by atoms with Crippen LogP contribution in [0.1, 0.15) is 24.3 Å². The van der Waals surface area contributed by atoms with Gasteiger partial charge in [0.05, 0.1) is 16.7 Å². The van der Waals surface area contributed by atoms with E-state index in [1.807, 2.05) is 60.7 Å². The molecule has 1 aliphatic heterocycles. The van der Waals surface area contributed by atoms with Crippen molar-refractivity contribution >= 4 is 28.2 Å². The molecule has 0 aliphatic carbocycles. The number of para-hydroxylation sites is 1. The molecule has 3 rings (SSSR count). The molecule has 1 heterocycles. The molecule has 1 unspecified atom stereocenters. The normalized spacial score (nSPS) is 24.0. The molecule has 1 fully saturated rings. The maximum atomic E-state index is 13.0. The highest BCUT2D eigenvalue weighted by Gasteiger charge is 2.41. The van der Waals surface area contributed by atoms with Gasteiger partial charge in [-0.2, -0.15) is 0 Å². The van der Waals surface area contributed by atoms with Gasteiger partial charge in [-0.05, 0) is 24.6 Å². The van der Waals surface area contributed by atoms with Crippen LogP contribution < -0.4 is 4.90 Å². The van der Waals surface area contributed by atoms with Crippen LogP contribution in [0.15, 0.2) is 60.7 Å². The SMILES string of the molecule is CC(=O)C[C@H]1CS(=O)[C@@H](c2ccccc2)N(c2ccccc2)C1=O. The van der Waals surface area contributed by atoms with E-state index in [1.165, 1.54) is 6.92 Å². The molecule has 1 saturated heterocycles. The fourth-order valence-electron chi connectivity index (χ4n) is 3.05. The maximum absolute atomic E-state index is 13.0. The van der Waals surface area contributed by atoms with Crippen LogP contribution in [0.25, 0.3) is 0 Å². The van der Waals surface area contributed by atoms with Crippen molar-refractivity contribution in [3.63, 3.8) is 0 Å². The molecule has 2 aromatic carbocycles. The first-order valence-corrected chi connectivity index (χ1v) is 9.26. The van der Waals surface area contributed by atoms with E-state index in [4.69, 9.17) is 0 Å². The highest BCUT2D eigenvalue weighted by Crippen LogP contribution is 2.36. The third-order valence-electron chi connectivity index (χ3n) is 4.09. The lowest BCUT2D eigenvalue weighted by Gasteiger charge is -2.38. The largest absolute Gasteiger partial charge is 0.300 e. The van der Waals surface area contributed by atoms with Crippen molar-refractivity contribution in [1.82, 2.24) is 0 Å². The van der Waals surface area contributed by atoms with E-state index in [1.54, 1.807) is 4.90 Å². The molecule has 0 radical (unpaired) electrons. The molecule has 0 saturated carbocycles. The van der Waals surface area contributed by atoms with Crippen LogP contribution in [0.5, 0.6) is 0 Å². The monoisotopic (exact) mass is 341 g/mol. The number of rotatable bonds is 4. The van der Waals surface area contributed by atoms with Gasteiger partial charge in [0.15, 0.2) is 0 Å². The number of carbonyl (C=O) groups is 2. The molecule has 0 bridgehead atoms. The molecule has 3 atom stereocenters. The van der Waals surface area contributed by atoms with Crippen molar-refractivity contribution in [2.24, 2.45) is 5.92 Å². The minimum absolute atomic E-state index is 0.0588. The van der Waals surface area contributed by atoms with Crippen LogP contribution in [-0.2, 0) is 20.4 Å². The van der Waals surface area contributed by atoms with Gasteiger partial charge in [0.2, 0.25) is 5.91 Å². The predicted octanol–water partition coefficient (Wildman–Crippen LogP) is 3.08. The molecule has 0 aromatic heterocycles. The zero-order chi connectivity index (χ0) is 17.1. The summed E-state index contributed by atoms with van der Waals surface area (Å²) in [5, 5.41) is -0.524. The zero-order valence-corrected chi connectivity index (χ0v) is 14.2. The van der Waals surface area contributed by atoms with Crippen molar-refractivity contribution in [1.29, 1.82) is 0 Å². The summed E-state index contributed by atoms with van der Waals surface area (Å²) < 4.78 is 12.9. The quantitative estimate of drug-likeness (QED) is 0.859. The summed E-state index contributed by atoms with van der Waals surface area (Å²) in [6, 6.07) is 18.7. The first-order chi connectivity index (χ1) is 11.6. The predicted molar refractivity (Wildman–Crippen MR) is 94.9 cm³/mol. The number of Topliss-reactive ketones (excluding diaryl/α,β-unsaturated/α-hetero) is 1. The van der Waals surface area contributed by atoms with Crippen LogP contribution in [0.4, 0.5) is 5.69 Å². The zero-order valence-electron chi connectivity index (χ0n) is 13.4. The van der Waals surface area contributed by atoms with E-state index < -0.39 is 22.1 Å². The Kier molecular flexibility index (Phi) is 4.90. The summed E-state index contributed by atoms with van der Waals surface area (Å²) in [5.74, 6) is -0.494. The van der Waals surface area contributed by atoms with Gasteiger partial charge in [0.25, 0.3) is 0 Å². The lowest BCUT2D eigenvalue weighted by Crippen LogP contribution is -2.48.